The zero-order chi connectivity index (χ0) is 19.2. The molecule has 0 spiro atoms. The molecule has 1 aliphatic heterocycles. The highest BCUT2D eigenvalue weighted by atomic mass is 35.5. The minimum Gasteiger partial charge on any atom is -0.493 e. The van der Waals surface area contributed by atoms with Crippen LogP contribution in [0.3, 0.4) is 0 Å². The van der Waals surface area contributed by atoms with Crippen LogP contribution in [0.1, 0.15) is 22.8 Å². The number of carbonyl (C=O) groups excluding carboxylic acids is 1. The van der Waals surface area contributed by atoms with Crippen molar-refractivity contribution in [2.24, 2.45) is 0 Å². The summed E-state index contributed by atoms with van der Waals surface area (Å²) >= 11 is 6.30. The summed E-state index contributed by atoms with van der Waals surface area (Å²) in [7, 11) is 1.54. The summed E-state index contributed by atoms with van der Waals surface area (Å²) in [5, 5.41) is 0.385. The van der Waals surface area contributed by atoms with Crippen LogP contribution in [0.2, 0.25) is 5.02 Å². The van der Waals surface area contributed by atoms with Gasteiger partial charge in [-0.3, -0.25) is 14.7 Å². The van der Waals surface area contributed by atoms with E-state index in [-0.39, 0.29) is 5.91 Å². The summed E-state index contributed by atoms with van der Waals surface area (Å²) in [4.78, 5) is 21.1. The molecule has 2 heterocycles. The maximum Gasteiger partial charge on any atom is 0.254 e. The molecule has 0 radical (unpaired) electrons. The molecule has 2 aromatic rings. The van der Waals surface area contributed by atoms with Gasteiger partial charge in [-0.15, -0.1) is 0 Å². The van der Waals surface area contributed by atoms with Crippen LogP contribution in [0.4, 0.5) is 0 Å². The molecule has 144 valence electrons. The van der Waals surface area contributed by atoms with Crippen molar-refractivity contribution in [2.45, 2.75) is 13.5 Å². The second-order valence-electron chi connectivity index (χ2n) is 6.35. The van der Waals surface area contributed by atoms with Gasteiger partial charge in [-0.1, -0.05) is 11.6 Å². The second-order valence-corrected chi connectivity index (χ2v) is 6.75. The van der Waals surface area contributed by atoms with Crippen LogP contribution in [-0.4, -0.2) is 60.6 Å². The Bertz CT molecular complexity index is 778. The minimum atomic E-state index is -0.0400. The van der Waals surface area contributed by atoms with Gasteiger partial charge in [0.05, 0.1) is 18.7 Å². The molecule has 1 saturated heterocycles. The third kappa shape index (κ3) is 4.70. The van der Waals surface area contributed by atoms with E-state index < -0.39 is 0 Å². The molecule has 1 fully saturated rings. The smallest absolute Gasteiger partial charge is 0.254 e. The molecule has 0 atom stereocenters. The normalized spacial score (nSPS) is 14.9. The van der Waals surface area contributed by atoms with Crippen LogP contribution >= 0.6 is 11.6 Å². The Morgan fingerprint density at radius 2 is 1.89 bits per heavy atom. The van der Waals surface area contributed by atoms with Crippen molar-refractivity contribution in [1.29, 1.82) is 0 Å². The van der Waals surface area contributed by atoms with Crippen molar-refractivity contribution in [2.75, 3.05) is 39.9 Å². The van der Waals surface area contributed by atoms with Crippen LogP contribution in [0.25, 0.3) is 0 Å². The summed E-state index contributed by atoms with van der Waals surface area (Å²) in [5.41, 5.74) is 1.75. The summed E-state index contributed by atoms with van der Waals surface area (Å²) in [6.45, 7) is 6.23. The first-order chi connectivity index (χ1) is 13.1. The van der Waals surface area contributed by atoms with Gasteiger partial charge in [-0.2, -0.15) is 0 Å². The molecule has 3 rings (SSSR count). The summed E-state index contributed by atoms with van der Waals surface area (Å²) in [5.74, 6) is 0.909. The first-order valence-electron chi connectivity index (χ1n) is 9.03. The zero-order valence-electron chi connectivity index (χ0n) is 15.7. The Morgan fingerprint density at radius 3 is 2.52 bits per heavy atom. The van der Waals surface area contributed by atoms with E-state index in [2.05, 4.69) is 9.88 Å². The fourth-order valence-corrected chi connectivity index (χ4v) is 3.43. The number of piperazine rings is 1. The number of carbonyl (C=O) groups is 1. The van der Waals surface area contributed by atoms with Crippen molar-refractivity contribution < 1.29 is 14.3 Å². The molecule has 7 heteroatoms. The molecule has 27 heavy (non-hydrogen) atoms. The van der Waals surface area contributed by atoms with E-state index >= 15 is 0 Å². The second kappa shape index (κ2) is 9.06. The molecular formula is C20H24ClN3O3. The van der Waals surface area contributed by atoms with Crippen LogP contribution in [0.5, 0.6) is 11.5 Å². The third-order valence-corrected chi connectivity index (χ3v) is 4.86. The number of aromatic nitrogens is 1. The Kier molecular flexibility index (Phi) is 6.53. The molecule has 6 nitrogen and oxygen atoms in total. The number of hydrogen-bond acceptors (Lipinski definition) is 5. The average Bonchev–Trinajstić information content (AvgIpc) is 2.70. The molecular weight excluding hydrogens is 366 g/mol. The lowest BCUT2D eigenvalue weighted by atomic mass is 10.1. The molecule has 0 N–H and O–H groups in total. The van der Waals surface area contributed by atoms with Crippen molar-refractivity contribution in [3.05, 3.63) is 52.8 Å². The van der Waals surface area contributed by atoms with Gasteiger partial charge in [0.15, 0.2) is 11.5 Å². The number of benzene rings is 1. The Morgan fingerprint density at radius 1 is 1.19 bits per heavy atom. The average molecular weight is 390 g/mol. The number of hydrogen-bond donors (Lipinski definition) is 0. The van der Waals surface area contributed by atoms with E-state index in [0.717, 1.165) is 19.6 Å². The topological polar surface area (TPSA) is 54.9 Å². The largest absolute Gasteiger partial charge is 0.493 e. The van der Waals surface area contributed by atoms with Gasteiger partial charge in [0.2, 0.25) is 0 Å². The van der Waals surface area contributed by atoms with E-state index in [4.69, 9.17) is 21.1 Å². The molecule has 0 aliphatic carbocycles. The highest BCUT2D eigenvalue weighted by Gasteiger charge is 2.24. The van der Waals surface area contributed by atoms with Gasteiger partial charge in [-0.25, -0.2) is 0 Å². The SMILES string of the molecule is CCOc1c(Cl)cc(C(=O)N2CCN(Cc3ccncc3)CC2)cc1OC. The Hall–Kier alpha value is -2.31. The van der Waals surface area contributed by atoms with E-state index in [1.165, 1.54) is 5.56 Å². The van der Waals surface area contributed by atoms with Crippen LogP contribution in [0, 0.1) is 0 Å². The van der Waals surface area contributed by atoms with Gasteiger partial charge in [-0.05, 0) is 36.8 Å². The number of pyridine rings is 1. The van der Waals surface area contributed by atoms with E-state index in [0.29, 0.717) is 41.8 Å². The Labute approximate surface area is 164 Å². The number of ether oxygens (including phenoxy) is 2. The number of rotatable bonds is 6. The van der Waals surface area contributed by atoms with Crippen LogP contribution in [-0.2, 0) is 6.54 Å². The lowest BCUT2D eigenvalue weighted by Crippen LogP contribution is -2.48. The number of halogens is 1. The summed E-state index contributed by atoms with van der Waals surface area (Å²) in [6.07, 6.45) is 3.61. The number of amides is 1. The van der Waals surface area contributed by atoms with Crippen molar-refractivity contribution in [3.63, 3.8) is 0 Å². The number of nitrogens with zero attached hydrogens (tertiary/aromatic N) is 3. The summed E-state index contributed by atoms with van der Waals surface area (Å²) in [6, 6.07) is 7.39. The minimum absolute atomic E-state index is 0.0400. The lowest BCUT2D eigenvalue weighted by Gasteiger charge is -2.34. The first-order valence-corrected chi connectivity index (χ1v) is 9.41. The standard InChI is InChI=1S/C20H24ClN3O3/c1-3-27-19-17(21)12-16(13-18(19)26-2)20(25)24-10-8-23(9-11-24)14-15-4-6-22-7-5-15/h4-7,12-13H,3,8-11,14H2,1-2H3. The predicted octanol–water partition coefficient (Wildman–Crippen LogP) is 3.10. The number of methoxy groups -OCH3 is 1. The molecule has 1 aromatic carbocycles. The fraction of sp³-hybridized carbons (Fsp3) is 0.400. The highest BCUT2D eigenvalue weighted by molar-refractivity contribution is 6.32. The van der Waals surface area contributed by atoms with Crippen LogP contribution < -0.4 is 9.47 Å². The van der Waals surface area contributed by atoms with Gasteiger partial charge in [0.1, 0.15) is 0 Å². The zero-order valence-corrected chi connectivity index (χ0v) is 16.4. The van der Waals surface area contributed by atoms with Gasteiger partial charge in [0.25, 0.3) is 5.91 Å². The van der Waals surface area contributed by atoms with Gasteiger partial charge < -0.3 is 14.4 Å². The van der Waals surface area contributed by atoms with Crippen LogP contribution in [0.15, 0.2) is 36.7 Å². The predicted molar refractivity (Wildman–Crippen MR) is 105 cm³/mol. The molecule has 1 aliphatic rings. The lowest BCUT2D eigenvalue weighted by molar-refractivity contribution is 0.0628. The highest BCUT2D eigenvalue weighted by Crippen LogP contribution is 2.36. The van der Waals surface area contributed by atoms with Crippen molar-refractivity contribution in [1.82, 2.24) is 14.8 Å². The molecule has 1 amide bonds. The van der Waals surface area contributed by atoms with E-state index in [1.807, 2.05) is 24.0 Å². The monoisotopic (exact) mass is 389 g/mol. The van der Waals surface area contributed by atoms with Gasteiger partial charge >= 0.3 is 0 Å². The Balaban J connectivity index is 1.64. The van der Waals surface area contributed by atoms with E-state index in [1.54, 1.807) is 31.6 Å². The van der Waals surface area contributed by atoms with E-state index in [9.17, 15) is 4.79 Å². The maximum atomic E-state index is 12.9. The molecule has 0 bridgehead atoms. The molecule has 1 aromatic heterocycles. The van der Waals surface area contributed by atoms with Crippen molar-refractivity contribution in [3.8, 4) is 11.5 Å². The molecule has 0 unspecified atom stereocenters. The summed E-state index contributed by atoms with van der Waals surface area (Å²) < 4.78 is 10.9. The molecule has 0 saturated carbocycles. The third-order valence-electron chi connectivity index (χ3n) is 4.58. The van der Waals surface area contributed by atoms with Crippen molar-refractivity contribution >= 4 is 17.5 Å². The van der Waals surface area contributed by atoms with Gasteiger partial charge in [0, 0.05) is 50.7 Å². The quantitative estimate of drug-likeness (QED) is 0.759. The maximum absolute atomic E-state index is 12.9. The fourth-order valence-electron chi connectivity index (χ4n) is 3.17. The first kappa shape index (κ1) is 19.5.